The van der Waals surface area contributed by atoms with Gasteiger partial charge in [-0.2, -0.15) is 0 Å². The molecule has 0 aliphatic heterocycles. The van der Waals surface area contributed by atoms with Crippen LogP contribution in [0.1, 0.15) is 29.3 Å². The molecule has 0 fully saturated rings. The molecule has 0 aromatic heterocycles. The molecule has 94 valence electrons. The molecule has 0 bridgehead atoms. The molecule has 0 aliphatic rings. The van der Waals surface area contributed by atoms with Crippen LogP contribution in [0.3, 0.4) is 0 Å². The van der Waals surface area contributed by atoms with Crippen molar-refractivity contribution in [1.29, 1.82) is 0 Å². The molecule has 0 heterocycles. The number of amides is 1. The Morgan fingerprint density at radius 2 is 2.11 bits per heavy atom. The van der Waals surface area contributed by atoms with E-state index in [1.165, 1.54) is 25.1 Å². The number of rotatable bonds is 3. The lowest BCUT2D eigenvalue weighted by Gasteiger charge is -1.99. The SMILES string of the molecule is CC(=O)NCCC#Cc1ccc(C(=O)O)c(O)c1. The maximum absolute atomic E-state index is 10.7. The fraction of sp³-hybridized carbons (Fsp3) is 0.231. The third-order valence-corrected chi connectivity index (χ3v) is 2.08. The molecule has 0 aliphatic carbocycles. The molecule has 1 aromatic rings. The summed E-state index contributed by atoms with van der Waals surface area (Å²) >= 11 is 0. The van der Waals surface area contributed by atoms with Crippen molar-refractivity contribution in [1.82, 2.24) is 5.32 Å². The second-order valence-corrected chi connectivity index (χ2v) is 3.57. The highest BCUT2D eigenvalue weighted by molar-refractivity contribution is 5.90. The number of carboxylic acid groups (broad SMARTS) is 1. The van der Waals surface area contributed by atoms with Crippen LogP contribution in [0.5, 0.6) is 5.75 Å². The van der Waals surface area contributed by atoms with Crippen molar-refractivity contribution in [2.45, 2.75) is 13.3 Å². The fourth-order valence-electron chi connectivity index (χ4n) is 1.26. The minimum absolute atomic E-state index is 0.111. The molecule has 3 N–H and O–H groups in total. The minimum Gasteiger partial charge on any atom is -0.507 e. The number of carbonyl (C=O) groups is 2. The van der Waals surface area contributed by atoms with Crippen LogP contribution in [-0.4, -0.2) is 28.6 Å². The van der Waals surface area contributed by atoms with Gasteiger partial charge < -0.3 is 15.5 Å². The van der Waals surface area contributed by atoms with Gasteiger partial charge in [0.25, 0.3) is 0 Å². The lowest BCUT2D eigenvalue weighted by Crippen LogP contribution is -2.20. The average Bonchev–Trinajstić information content (AvgIpc) is 2.27. The zero-order valence-electron chi connectivity index (χ0n) is 9.86. The van der Waals surface area contributed by atoms with Crippen molar-refractivity contribution in [3.63, 3.8) is 0 Å². The smallest absolute Gasteiger partial charge is 0.339 e. The molecule has 5 heteroatoms. The molecule has 0 spiro atoms. The molecule has 18 heavy (non-hydrogen) atoms. The number of carboxylic acids is 1. The second kappa shape index (κ2) is 6.30. The predicted octanol–water partition coefficient (Wildman–Crippen LogP) is 0.968. The molecule has 0 saturated heterocycles. The summed E-state index contributed by atoms with van der Waals surface area (Å²) in [6.07, 6.45) is 0.487. The zero-order chi connectivity index (χ0) is 13.5. The summed E-state index contributed by atoms with van der Waals surface area (Å²) in [6.45, 7) is 1.89. The van der Waals surface area contributed by atoms with Gasteiger partial charge in [-0.25, -0.2) is 4.79 Å². The van der Waals surface area contributed by atoms with Gasteiger partial charge in [-0.3, -0.25) is 4.79 Å². The normalized spacial score (nSPS) is 9.17. The number of phenols is 1. The van der Waals surface area contributed by atoms with E-state index in [1.54, 1.807) is 0 Å². The zero-order valence-corrected chi connectivity index (χ0v) is 9.86. The number of aromatic hydroxyl groups is 1. The van der Waals surface area contributed by atoms with Gasteiger partial charge in [-0.1, -0.05) is 11.8 Å². The van der Waals surface area contributed by atoms with E-state index in [0.29, 0.717) is 18.5 Å². The minimum atomic E-state index is -1.18. The van der Waals surface area contributed by atoms with Crippen LogP contribution < -0.4 is 5.32 Å². The Morgan fingerprint density at radius 1 is 1.39 bits per heavy atom. The van der Waals surface area contributed by atoms with Gasteiger partial charge in [-0.05, 0) is 18.2 Å². The number of nitrogens with one attached hydrogen (secondary N) is 1. The van der Waals surface area contributed by atoms with Crippen LogP contribution in [0, 0.1) is 11.8 Å². The quantitative estimate of drug-likeness (QED) is 0.548. The number of aromatic carboxylic acids is 1. The monoisotopic (exact) mass is 247 g/mol. The first-order chi connectivity index (χ1) is 8.50. The Hall–Kier alpha value is -2.48. The van der Waals surface area contributed by atoms with Crippen molar-refractivity contribution in [3.05, 3.63) is 29.3 Å². The molecular weight excluding hydrogens is 234 g/mol. The number of benzene rings is 1. The Morgan fingerprint density at radius 3 is 2.67 bits per heavy atom. The first kappa shape index (κ1) is 13.6. The van der Waals surface area contributed by atoms with Crippen molar-refractivity contribution in [2.24, 2.45) is 0 Å². The van der Waals surface area contributed by atoms with E-state index in [0.717, 1.165) is 0 Å². The first-order valence-corrected chi connectivity index (χ1v) is 5.30. The van der Waals surface area contributed by atoms with Crippen molar-refractivity contribution in [3.8, 4) is 17.6 Å². The van der Waals surface area contributed by atoms with Crippen LogP contribution >= 0.6 is 0 Å². The summed E-state index contributed by atoms with van der Waals surface area (Å²) in [5.41, 5.74) is 0.374. The molecule has 0 saturated carbocycles. The average molecular weight is 247 g/mol. The maximum Gasteiger partial charge on any atom is 0.339 e. The van der Waals surface area contributed by atoms with Crippen LogP contribution in [0.25, 0.3) is 0 Å². The molecular formula is C13H13NO4. The van der Waals surface area contributed by atoms with E-state index in [4.69, 9.17) is 5.11 Å². The third kappa shape index (κ3) is 4.18. The van der Waals surface area contributed by atoms with Gasteiger partial charge in [0.05, 0.1) is 0 Å². The summed E-state index contributed by atoms with van der Waals surface area (Å²) in [7, 11) is 0. The highest BCUT2D eigenvalue weighted by Gasteiger charge is 2.08. The number of carbonyl (C=O) groups excluding carboxylic acids is 1. The predicted molar refractivity (Wildman–Crippen MR) is 65.2 cm³/mol. The molecule has 5 nitrogen and oxygen atoms in total. The summed E-state index contributed by atoms with van der Waals surface area (Å²) < 4.78 is 0. The van der Waals surface area contributed by atoms with Crippen LogP contribution in [0.2, 0.25) is 0 Å². The third-order valence-electron chi connectivity index (χ3n) is 2.08. The standard InChI is InChI=1S/C13H13NO4/c1-9(15)14-7-3-2-4-10-5-6-11(13(17)18)12(16)8-10/h5-6,8,16H,3,7H2,1H3,(H,14,15)(H,17,18). The Balaban J connectivity index is 2.64. The van der Waals surface area contributed by atoms with Crippen LogP contribution in [-0.2, 0) is 4.79 Å². The van der Waals surface area contributed by atoms with E-state index in [9.17, 15) is 14.7 Å². The Kier molecular flexibility index (Phi) is 4.76. The van der Waals surface area contributed by atoms with Crippen molar-refractivity contribution >= 4 is 11.9 Å². The van der Waals surface area contributed by atoms with Gasteiger partial charge in [0, 0.05) is 25.5 Å². The van der Waals surface area contributed by atoms with E-state index in [1.807, 2.05) is 0 Å². The largest absolute Gasteiger partial charge is 0.507 e. The maximum atomic E-state index is 10.7. The topological polar surface area (TPSA) is 86.6 Å². The second-order valence-electron chi connectivity index (χ2n) is 3.57. The number of hydrogen-bond acceptors (Lipinski definition) is 3. The highest BCUT2D eigenvalue weighted by Crippen LogP contribution is 2.18. The van der Waals surface area contributed by atoms with Crippen molar-refractivity contribution < 1.29 is 19.8 Å². The van der Waals surface area contributed by atoms with E-state index in [-0.39, 0.29) is 17.2 Å². The van der Waals surface area contributed by atoms with Crippen molar-refractivity contribution in [2.75, 3.05) is 6.54 Å². The van der Waals surface area contributed by atoms with Crippen LogP contribution in [0.15, 0.2) is 18.2 Å². The van der Waals surface area contributed by atoms with Gasteiger partial charge in [0.1, 0.15) is 11.3 Å². The van der Waals surface area contributed by atoms with Crippen LogP contribution in [0.4, 0.5) is 0 Å². The molecule has 0 radical (unpaired) electrons. The summed E-state index contributed by atoms with van der Waals surface area (Å²) in [5.74, 6) is 3.98. The van der Waals surface area contributed by atoms with E-state index < -0.39 is 5.97 Å². The summed E-state index contributed by atoms with van der Waals surface area (Å²) in [6, 6.07) is 4.12. The summed E-state index contributed by atoms with van der Waals surface area (Å²) in [4.78, 5) is 21.2. The lowest BCUT2D eigenvalue weighted by atomic mass is 10.1. The van der Waals surface area contributed by atoms with Gasteiger partial charge in [0.2, 0.25) is 5.91 Å². The fourth-order valence-corrected chi connectivity index (χ4v) is 1.26. The summed E-state index contributed by atoms with van der Waals surface area (Å²) in [5, 5.41) is 20.7. The molecule has 0 atom stereocenters. The first-order valence-electron chi connectivity index (χ1n) is 5.30. The lowest BCUT2D eigenvalue weighted by molar-refractivity contribution is -0.118. The molecule has 1 rings (SSSR count). The van der Waals surface area contributed by atoms with E-state index >= 15 is 0 Å². The van der Waals surface area contributed by atoms with Gasteiger partial charge >= 0.3 is 5.97 Å². The van der Waals surface area contributed by atoms with Gasteiger partial charge in [-0.15, -0.1) is 0 Å². The van der Waals surface area contributed by atoms with Gasteiger partial charge in [0.15, 0.2) is 0 Å². The molecule has 1 amide bonds. The molecule has 1 aromatic carbocycles. The molecule has 0 unspecified atom stereocenters. The Labute approximate surface area is 104 Å². The number of hydrogen-bond donors (Lipinski definition) is 3. The highest BCUT2D eigenvalue weighted by atomic mass is 16.4. The van der Waals surface area contributed by atoms with E-state index in [2.05, 4.69) is 17.2 Å². The Bertz CT molecular complexity index is 526.